The number of nitrogens with one attached hydrogen (secondary N) is 1. The molecule has 1 aromatic heterocycles. The van der Waals surface area contributed by atoms with Crippen LogP contribution in [-0.2, 0) is 4.74 Å². The molecule has 1 aliphatic heterocycles. The zero-order valence-electron chi connectivity index (χ0n) is 14.3. The third-order valence-electron chi connectivity index (χ3n) is 3.73. The summed E-state index contributed by atoms with van der Waals surface area (Å²) in [5, 5.41) is 13.8. The van der Waals surface area contributed by atoms with E-state index in [1.54, 1.807) is 11.0 Å². The van der Waals surface area contributed by atoms with Crippen LogP contribution in [0.25, 0.3) is 0 Å². The number of nitrogens with zero attached hydrogens (tertiary/aromatic N) is 3. The van der Waals surface area contributed by atoms with E-state index in [4.69, 9.17) is 4.74 Å². The molecule has 1 atom stereocenters. The zero-order valence-corrected chi connectivity index (χ0v) is 14.3. The Morgan fingerprint density at radius 2 is 2.21 bits per heavy atom. The van der Waals surface area contributed by atoms with E-state index in [0.717, 1.165) is 19.3 Å². The monoisotopic (exact) mass is 336 g/mol. The number of carbonyl (C=O) groups excluding carboxylic acids is 1. The first-order valence-electron chi connectivity index (χ1n) is 8.10. The van der Waals surface area contributed by atoms with Crippen LogP contribution in [0.1, 0.15) is 40.0 Å². The van der Waals surface area contributed by atoms with Gasteiger partial charge in [0.1, 0.15) is 17.6 Å². The molecule has 132 valence electrons. The van der Waals surface area contributed by atoms with Crippen molar-refractivity contribution >= 4 is 17.6 Å². The molecule has 2 rings (SSSR count). The molecular formula is C16H24N4O4. The number of hydrogen-bond acceptors (Lipinski definition) is 6. The fourth-order valence-corrected chi connectivity index (χ4v) is 2.59. The molecule has 1 saturated heterocycles. The molecule has 0 aromatic carbocycles. The minimum atomic E-state index is -0.521. The molecule has 0 spiro atoms. The number of piperidine rings is 1. The summed E-state index contributed by atoms with van der Waals surface area (Å²) in [6.45, 7) is 6.76. The van der Waals surface area contributed by atoms with Crippen LogP contribution >= 0.6 is 0 Å². The topological polar surface area (TPSA) is 97.6 Å². The Hall–Kier alpha value is -2.38. The Morgan fingerprint density at radius 3 is 2.79 bits per heavy atom. The molecule has 1 aliphatic rings. The molecule has 1 amide bonds. The first-order chi connectivity index (χ1) is 11.3. The van der Waals surface area contributed by atoms with Crippen molar-refractivity contribution in [1.29, 1.82) is 0 Å². The molecule has 2 heterocycles. The molecule has 0 bridgehead atoms. The van der Waals surface area contributed by atoms with Crippen molar-refractivity contribution in [2.24, 2.45) is 0 Å². The van der Waals surface area contributed by atoms with E-state index >= 15 is 0 Å². The molecule has 0 radical (unpaired) electrons. The number of ether oxygens (including phenoxy) is 1. The lowest BCUT2D eigenvalue weighted by molar-refractivity contribution is -0.385. The number of likely N-dealkylation sites (tertiary alicyclic amines) is 1. The van der Waals surface area contributed by atoms with Crippen molar-refractivity contribution in [1.82, 2.24) is 9.88 Å². The molecule has 8 nitrogen and oxygen atoms in total. The van der Waals surface area contributed by atoms with Crippen molar-refractivity contribution in [2.75, 3.05) is 18.4 Å². The van der Waals surface area contributed by atoms with Gasteiger partial charge in [0.2, 0.25) is 0 Å². The SMILES string of the molecule is CC(C)(C)OC(=O)N1CCCC[C@H]1CNc1ccc([N+](=O)[O-])cn1. The molecule has 24 heavy (non-hydrogen) atoms. The van der Waals surface area contributed by atoms with E-state index in [0.29, 0.717) is 18.9 Å². The highest BCUT2D eigenvalue weighted by molar-refractivity contribution is 5.68. The number of nitro groups is 1. The van der Waals surface area contributed by atoms with E-state index in [9.17, 15) is 14.9 Å². The van der Waals surface area contributed by atoms with E-state index in [1.165, 1.54) is 12.3 Å². The normalized spacial score (nSPS) is 18.1. The summed E-state index contributed by atoms with van der Waals surface area (Å²) < 4.78 is 5.47. The lowest BCUT2D eigenvalue weighted by atomic mass is 10.0. The van der Waals surface area contributed by atoms with E-state index in [2.05, 4.69) is 10.3 Å². The third-order valence-corrected chi connectivity index (χ3v) is 3.73. The number of rotatable bonds is 4. The van der Waals surface area contributed by atoms with Crippen molar-refractivity contribution < 1.29 is 14.5 Å². The van der Waals surface area contributed by atoms with E-state index in [1.807, 2.05) is 20.8 Å². The van der Waals surface area contributed by atoms with Crippen LogP contribution in [0.2, 0.25) is 0 Å². The predicted molar refractivity (Wildman–Crippen MR) is 90.0 cm³/mol. The van der Waals surface area contributed by atoms with Crippen LogP contribution in [0.15, 0.2) is 18.3 Å². The molecule has 1 fully saturated rings. The average Bonchev–Trinajstić information content (AvgIpc) is 2.52. The molecule has 0 aliphatic carbocycles. The Labute approximate surface area is 141 Å². The van der Waals surface area contributed by atoms with Gasteiger partial charge < -0.3 is 15.0 Å². The minimum Gasteiger partial charge on any atom is -0.444 e. The largest absolute Gasteiger partial charge is 0.444 e. The van der Waals surface area contributed by atoms with E-state index < -0.39 is 10.5 Å². The van der Waals surface area contributed by atoms with Gasteiger partial charge in [0.25, 0.3) is 5.69 Å². The van der Waals surface area contributed by atoms with Crippen LogP contribution in [0, 0.1) is 10.1 Å². The highest BCUT2D eigenvalue weighted by Crippen LogP contribution is 2.21. The summed E-state index contributed by atoms with van der Waals surface area (Å²) in [6, 6.07) is 2.99. The summed E-state index contributed by atoms with van der Waals surface area (Å²) >= 11 is 0. The summed E-state index contributed by atoms with van der Waals surface area (Å²) in [5.41, 5.74) is -0.569. The van der Waals surface area contributed by atoms with Gasteiger partial charge in [0.05, 0.1) is 11.0 Å². The van der Waals surface area contributed by atoms with Gasteiger partial charge in [0.15, 0.2) is 0 Å². The Morgan fingerprint density at radius 1 is 1.46 bits per heavy atom. The summed E-state index contributed by atoms with van der Waals surface area (Å²) in [4.78, 5) is 28.3. The van der Waals surface area contributed by atoms with Gasteiger partial charge >= 0.3 is 6.09 Å². The van der Waals surface area contributed by atoms with Gasteiger partial charge in [-0.1, -0.05) is 0 Å². The standard InChI is InChI=1S/C16H24N4O4/c1-16(2,3)24-15(21)19-9-5-4-6-12(19)10-17-14-8-7-13(11-18-14)20(22)23/h7-8,11-12H,4-6,9-10H2,1-3H3,(H,17,18)/t12-/m0/s1. The van der Waals surface area contributed by atoms with Gasteiger partial charge in [-0.2, -0.15) is 0 Å². The molecule has 1 N–H and O–H groups in total. The second-order valence-corrected chi connectivity index (χ2v) is 6.86. The van der Waals surface area contributed by atoms with Gasteiger partial charge in [0, 0.05) is 19.2 Å². The van der Waals surface area contributed by atoms with Crippen LogP contribution in [0.4, 0.5) is 16.3 Å². The van der Waals surface area contributed by atoms with Crippen molar-refractivity contribution in [3.63, 3.8) is 0 Å². The predicted octanol–water partition coefficient (Wildman–Crippen LogP) is 3.19. The molecule has 0 saturated carbocycles. The number of anilines is 1. The van der Waals surface area contributed by atoms with Crippen LogP contribution < -0.4 is 5.32 Å². The highest BCUT2D eigenvalue weighted by atomic mass is 16.6. The third kappa shape index (κ3) is 5.07. The average molecular weight is 336 g/mol. The summed E-state index contributed by atoms with van der Waals surface area (Å²) in [7, 11) is 0. The first kappa shape index (κ1) is 18.0. The maximum Gasteiger partial charge on any atom is 0.410 e. The van der Waals surface area contributed by atoms with Crippen molar-refractivity contribution in [2.45, 2.75) is 51.7 Å². The summed E-state index contributed by atoms with van der Waals surface area (Å²) in [5.74, 6) is 0.551. The van der Waals surface area contributed by atoms with Gasteiger partial charge in [-0.15, -0.1) is 0 Å². The zero-order chi connectivity index (χ0) is 17.7. The molecule has 8 heteroatoms. The number of aromatic nitrogens is 1. The Kier molecular flexibility index (Phi) is 5.58. The number of hydrogen-bond donors (Lipinski definition) is 1. The number of amides is 1. The quantitative estimate of drug-likeness (QED) is 0.670. The molecule has 1 aromatic rings. The highest BCUT2D eigenvalue weighted by Gasteiger charge is 2.30. The first-order valence-corrected chi connectivity index (χ1v) is 8.10. The maximum atomic E-state index is 12.3. The maximum absolute atomic E-state index is 12.3. The Bertz CT molecular complexity index is 583. The lowest BCUT2D eigenvalue weighted by Crippen LogP contribution is -2.48. The smallest absolute Gasteiger partial charge is 0.410 e. The van der Waals surface area contributed by atoms with Crippen molar-refractivity contribution in [3.8, 4) is 0 Å². The number of pyridine rings is 1. The van der Waals surface area contributed by atoms with Crippen LogP contribution in [0.3, 0.4) is 0 Å². The van der Waals surface area contributed by atoms with Gasteiger partial charge in [-0.3, -0.25) is 10.1 Å². The van der Waals surface area contributed by atoms with Crippen LogP contribution in [-0.4, -0.2) is 45.6 Å². The van der Waals surface area contributed by atoms with Crippen molar-refractivity contribution in [3.05, 3.63) is 28.4 Å². The van der Waals surface area contributed by atoms with Gasteiger partial charge in [-0.05, 0) is 46.1 Å². The van der Waals surface area contributed by atoms with Gasteiger partial charge in [-0.25, -0.2) is 9.78 Å². The molecule has 0 unspecified atom stereocenters. The Balaban J connectivity index is 1.95. The second-order valence-electron chi connectivity index (χ2n) is 6.86. The minimum absolute atomic E-state index is 0.0191. The summed E-state index contributed by atoms with van der Waals surface area (Å²) in [6.07, 6.45) is 3.82. The second kappa shape index (κ2) is 7.46. The van der Waals surface area contributed by atoms with E-state index in [-0.39, 0.29) is 17.8 Å². The lowest BCUT2D eigenvalue weighted by Gasteiger charge is -2.36. The molecular weight excluding hydrogens is 312 g/mol. The van der Waals surface area contributed by atoms with Crippen LogP contribution in [0.5, 0.6) is 0 Å². The fourth-order valence-electron chi connectivity index (χ4n) is 2.59. The number of carbonyl (C=O) groups is 1. The fraction of sp³-hybridized carbons (Fsp3) is 0.625.